The SMILES string of the molecule is COc1ccc(CCNCCC(C)C)cc1. The summed E-state index contributed by atoms with van der Waals surface area (Å²) in [4.78, 5) is 0. The Labute approximate surface area is 99.0 Å². The maximum absolute atomic E-state index is 5.12. The summed E-state index contributed by atoms with van der Waals surface area (Å²) < 4.78 is 5.12. The van der Waals surface area contributed by atoms with Crippen LogP contribution < -0.4 is 10.1 Å². The Hall–Kier alpha value is -1.02. The van der Waals surface area contributed by atoms with Crippen molar-refractivity contribution in [3.63, 3.8) is 0 Å². The number of ether oxygens (including phenoxy) is 1. The van der Waals surface area contributed by atoms with Gasteiger partial charge in [0, 0.05) is 0 Å². The topological polar surface area (TPSA) is 21.3 Å². The monoisotopic (exact) mass is 221 g/mol. The van der Waals surface area contributed by atoms with E-state index in [1.807, 2.05) is 12.1 Å². The summed E-state index contributed by atoms with van der Waals surface area (Å²) in [6.07, 6.45) is 2.34. The lowest BCUT2D eigenvalue weighted by Crippen LogP contribution is -2.19. The molecule has 0 saturated heterocycles. The Kier molecular flexibility index (Phi) is 5.94. The molecule has 0 aliphatic heterocycles. The molecule has 1 aromatic rings. The van der Waals surface area contributed by atoms with Crippen molar-refractivity contribution >= 4 is 0 Å². The minimum absolute atomic E-state index is 0.786. The van der Waals surface area contributed by atoms with Crippen molar-refractivity contribution in [3.8, 4) is 5.75 Å². The van der Waals surface area contributed by atoms with Crippen LogP contribution in [-0.2, 0) is 6.42 Å². The molecule has 16 heavy (non-hydrogen) atoms. The summed E-state index contributed by atoms with van der Waals surface area (Å²) in [6, 6.07) is 8.29. The number of rotatable bonds is 7. The van der Waals surface area contributed by atoms with Gasteiger partial charge in [0.1, 0.15) is 5.75 Å². The number of nitrogens with one attached hydrogen (secondary N) is 1. The molecule has 2 heteroatoms. The lowest BCUT2D eigenvalue weighted by Gasteiger charge is -2.07. The van der Waals surface area contributed by atoms with Crippen LogP contribution in [-0.4, -0.2) is 20.2 Å². The molecule has 90 valence electrons. The average Bonchev–Trinajstić information content (AvgIpc) is 2.29. The molecule has 1 aromatic carbocycles. The predicted octanol–water partition coefficient (Wildman–Crippen LogP) is 2.87. The van der Waals surface area contributed by atoms with Crippen molar-refractivity contribution < 1.29 is 4.74 Å². The summed E-state index contributed by atoms with van der Waals surface area (Å²) in [6.45, 7) is 6.68. The lowest BCUT2D eigenvalue weighted by molar-refractivity contribution is 0.414. The van der Waals surface area contributed by atoms with Crippen LogP contribution in [0.1, 0.15) is 25.8 Å². The number of hydrogen-bond acceptors (Lipinski definition) is 2. The molecule has 0 fully saturated rings. The molecule has 0 unspecified atom stereocenters. The van der Waals surface area contributed by atoms with Crippen LogP contribution in [0, 0.1) is 5.92 Å². The van der Waals surface area contributed by atoms with E-state index in [0.29, 0.717) is 0 Å². The van der Waals surface area contributed by atoms with Gasteiger partial charge in [-0.15, -0.1) is 0 Å². The van der Waals surface area contributed by atoms with E-state index in [0.717, 1.165) is 31.2 Å². The molecule has 0 bridgehead atoms. The van der Waals surface area contributed by atoms with E-state index in [9.17, 15) is 0 Å². The molecule has 0 heterocycles. The van der Waals surface area contributed by atoms with Gasteiger partial charge in [0.25, 0.3) is 0 Å². The van der Waals surface area contributed by atoms with Gasteiger partial charge in [-0.05, 0) is 49.5 Å². The molecular weight excluding hydrogens is 198 g/mol. The van der Waals surface area contributed by atoms with Gasteiger partial charge in [-0.25, -0.2) is 0 Å². The molecule has 0 aromatic heterocycles. The second-order valence-electron chi connectivity index (χ2n) is 4.53. The zero-order chi connectivity index (χ0) is 11.8. The lowest BCUT2D eigenvalue weighted by atomic mass is 10.1. The molecule has 2 nitrogen and oxygen atoms in total. The third-order valence-electron chi connectivity index (χ3n) is 2.65. The van der Waals surface area contributed by atoms with Crippen molar-refractivity contribution in [2.24, 2.45) is 5.92 Å². The first-order valence-electron chi connectivity index (χ1n) is 6.06. The standard InChI is InChI=1S/C14H23NO/c1-12(2)8-10-15-11-9-13-4-6-14(16-3)7-5-13/h4-7,12,15H,8-11H2,1-3H3. The van der Waals surface area contributed by atoms with Crippen LogP contribution in [0.3, 0.4) is 0 Å². The van der Waals surface area contributed by atoms with E-state index in [1.54, 1.807) is 7.11 Å². The Balaban J connectivity index is 2.16. The van der Waals surface area contributed by atoms with Gasteiger partial charge in [0.15, 0.2) is 0 Å². The van der Waals surface area contributed by atoms with E-state index in [2.05, 4.69) is 31.3 Å². The Bertz CT molecular complexity index is 279. The zero-order valence-corrected chi connectivity index (χ0v) is 10.6. The summed E-state index contributed by atoms with van der Waals surface area (Å²) in [7, 11) is 1.70. The van der Waals surface area contributed by atoms with Crippen molar-refractivity contribution in [1.82, 2.24) is 5.32 Å². The highest BCUT2D eigenvalue weighted by molar-refractivity contribution is 5.27. The normalized spacial score (nSPS) is 10.8. The smallest absolute Gasteiger partial charge is 0.118 e. The van der Waals surface area contributed by atoms with Crippen LogP contribution >= 0.6 is 0 Å². The van der Waals surface area contributed by atoms with E-state index in [4.69, 9.17) is 4.74 Å². The van der Waals surface area contributed by atoms with Gasteiger partial charge in [-0.2, -0.15) is 0 Å². The first kappa shape index (κ1) is 13.0. The quantitative estimate of drug-likeness (QED) is 0.715. The fourth-order valence-corrected chi connectivity index (χ4v) is 1.54. The van der Waals surface area contributed by atoms with Gasteiger partial charge in [-0.3, -0.25) is 0 Å². The van der Waals surface area contributed by atoms with E-state index in [-0.39, 0.29) is 0 Å². The zero-order valence-electron chi connectivity index (χ0n) is 10.6. The van der Waals surface area contributed by atoms with Gasteiger partial charge < -0.3 is 10.1 Å². The fourth-order valence-electron chi connectivity index (χ4n) is 1.54. The summed E-state index contributed by atoms with van der Waals surface area (Å²) in [5, 5.41) is 3.46. The summed E-state index contributed by atoms with van der Waals surface area (Å²) in [5.74, 6) is 1.71. The van der Waals surface area contributed by atoms with Crippen LogP contribution in [0.15, 0.2) is 24.3 Å². The maximum atomic E-state index is 5.12. The largest absolute Gasteiger partial charge is 0.497 e. The summed E-state index contributed by atoms with van der Waals surface area (Å²) >= 11 is 0. The van der Waals surface area contributed by atoms with Gasteiger partial charge in [-0.1, -0.05) is 26.0 Å². The Morgan fingerprint density at radius 3 is 2.38 bits per heavy atom. The molecule has 0 saturated carbocycles. The molecule has 0 spiro atoms. The second-order valence-corrected chi connectivity index (χ2v) is 4.53. The van der Waals surface area contributed by atoms with E-state index >= 15 is 0 Å². The van der Waals surface area contributed by atoms with Crippen molar-refractivity contribution in [3.05, 3.63) is 29.8 Å². The number of hydrogen-bond donors (Lipinski definition) is 1. The molecule has 0 aliphatic carbocycles. The predicted molar refractivity (Wildman–Crippen MR) is 69.0 cm³/mol. The van der Waals surface area contributed by atoms with Gasteiger partial charge in [0.05, 0.1) is 7.11 Å². The highest BCUT2D eigenvalue weighted by Gasteiger charge is 1.96. The average molecular weight is 221 g/mol. The molecule has 1 N–H and O–H groups in total. The highest BCUT2D eigenvalue weighted by atomic mass is 16.5. The third kappa shape index (κ3) is 5.17. The minimum Gasteiger partial charge on any atom is -0.497 e. The summed E-state index contributed by atoms with van der Waals surface area (Å²) in [5.41, 5.74) is 1.36. The van der Waals surface area contributed by atoms with Crippen molar-refractivity contribution in [2.45, 2.75) is 26.7 Å². The fraction of sp³-hybridized carbons (Fsp3) is 0.571. The van der Waals surface area contributed by atoms with E-state index < -0.39 is 0 Å². The van der Waals surface area contributed by atoms with Crippen molar-refractivity contribution in [2.75, 3.05) is 20.2 Å². The third-order valence-corrected chi connectivity index (χ3v) is 2.65. The Morgan fingerprint density at radius 1 is 1.12 bits per heavy atom. The van der Waals surface area contributed by atoms with E-state index in [1.165, 1.54) is 12.0 Å². The highest BCUT2D eigenvalue weighted by Crippen LogP contribution is 2.11. The Morgan fingerprint density at radius 2 is 1.81 bits per heavy atom. The molecule has 1 rings (SSSR count). The van der Waals surface area contributed by atoms with Crippen LogP contribution in [0.4, 0.5) is 0 Å². The molecule has 0 radical (unpaired) electrons. The molecular formula is C14H23NO. The first-order valence-corrected chi connectivity index (χ1v) is 6.06. The molecule has 0 aliphatic rings. The second kappa shape index (κ2) is 7.29. The van der Waals surface area contributed by atoms with Gasteiger partial charge in [0.2, 0.25) is 0 Å². The van der Waals surface area contributed by atoms with Crippen molar-refractivity contribution in [1.29, 1.82) is 0 Å². The van der Waals surface area contributed by atoms with Crippen LogP contribution in [0.2, 0.25) is 0 Å². The first-order chi connectivity index (χ1) is 7.72. The number of benzene rings is 1. The van der Waals surface area contributed by atoms with Crippen LogP contribution in [0.25, 0.3) is 0 Å². The number of methoxy groups -OCH3 is 1. The van der Waals surface area contributed by atoms with Crippen LogP contribution in [0.5, 0.6) is 5.75 Å². The minimum atomic E-state index is 0.786. The molecule has 0 atom stereocenters. The van der Waals surface area contributed by atoms with Gasteiger partial charge >= 0.3 is 0 Å². The maximum Gasteiger partial charge on any atom is 0.118 e. The molecule has 0 amide bonds.